The van der Waals surface area contributed by atoms with Gasteiger partial charge in [-0.25, -0.2) is 9.78 Å². The highest BCUT2D eigenvalue weighted by atomic mass is 16.2. The lowest BCUT2D eigenvalue weighted by atomic mass is 9.99. The second-order valence-electron chi connectivity index (χ2n) is 4.72. The molecule has 0 spiro atoms. The Morgan fingerprint density at radius 3 is 2.80 bits per heavy atom. The molecule has 3 N–H and O–H groups in total. The van der Waals surface area contributed by atoms with Crippen LogP contribution in [-0.2, 0) is 16.1 Å². The summed E-state index contributed by atoms with van der Waals surface area (Å²) in [5, 5.41) is 11.4. The molecule has 0 saturated carbocycles. The van der Waals surface area contributed by atoms with Crippen LogP contribution < -0.4 is 10.6 Å². The van der Waals surface area contributed by atoms with E-state index in [1.165, 1.54) is 6.33 Å². The molecule has 1 atom stereocenters. The average molecular weight is 280 g/mol. The summed E-state index contributed by atoms with van der Waals surface area (Å²) in [6.45, 7) is 3.28. The number of imide groups is 1. The molecule has 1 unspecified atom stereocenters. The minimum atomic E-state index is -0.928. The molecule has 0 bridgehead atoms. The SMILES string of the molecule is CCC1(C)NC(=O)N(CC(=O)NCc2ncn[nH]2)C1=O. The number of aromatic nitrogens is 3. The van der Waals surface area contributed by atoms with Crippen LogP contribution >= 0.6 is 0 Å². The highest BCUT2D eigenvalue weighted by molar-refractivity contribution is 6.08. The maximum absolute atomic E-state index is 12.1. The third-order valence-electron chi connectivity index (χ3n) is 3.27. The number of nitrogens with zero attached hydrogens (tertiary/aromatic N) is 3. The van der Waals surface area contributed by atoms with E-state index >= 15 is 0 Å². The molecule has 108 valence electrons. The normalized spacial score (nSPS) is 22.0. The maximum Gasteiger partial charge on any atom is 0.325 e. The molecule has 20 heavy (non-hydrogen) atoms. The van der Waals surface area contributed by atoms with Crippen LogP contribution in [0.4, 0.5) is 4.79 Å². The van der Waals surface area contributed by atoms with Crippen LogP contribution in [0.1, 0.15) is 26.1 Å². The Morgan fingerprint density at radius 1 is 1.50 bits per heavy atom. The van der Waals surface area contributed by atoms with E-state index in [9.17, 15) is 14.4 Å². The van der Waals surface area contributed by atoms with Crippen molar-refractivity contribution in [1.82, 2.24) is 30.7 Å². The van der Waals surface area contributed by atoms with Gasteiger partial charge < -0.3 is 10.6 Å². The van der Waals surface area contributed by atoms with E-state index in [2.05, 4.69) is 25.8 Å². The van der Waals surface area contributed by atoms with Crippen molar-refractivity contribution in [2.45, 2.75) is 32.4 Å². The maximum atomic E-state index is 12.1. The second kappa shape index (κ2) is 5.27. The largest absolute Gasteiger partial charge is 0.347 e. The van der Waals surface area contributed by atoms with Crippen LogP contribution in [0.5, 0.6) is 0 Å². The third kappa shape index (κ3) is 2.60. The zero-order chi connectivity index (χ0) is 14.8. The fourth-order valence-electron chi connectivity index (χ4n) is 1.83. The smallest absolute Gasteiger partial charge is 0.325 e. The first-order valence-electron chi connectivity index (χ1n) is 6.21. The van der Waals surface area contributed by atoms with Gasteiger partial charge in [-0.1, -0.05) is 6.92 Å². The summed E-state index contributed by atoms with van der Waals surface area (Å²) < 4.78 is 0. The molecule has 2 rings (SSSR count). The van der Waals surface area contributed by atoms with Gasteiger partial charge in [0.2, 0.25) is 5.91 Å². The number of carbonyl (C=O) groups excluding carboxylic acids is 3. The van der Waals surface area contributed by atoms with Crippen LogP contribution in [0.25, 0.3) is 0 Å². The van der Waals surface area contributed by atoms with Crippen LogP contribution in [0, 0.1) is 0 Å². The quantitative estimate of drug-likeness (QED) is 0.606. The molecule has 4 amide bonds. The standard InChI is InChI=1S/C11H16N6O3/c1-3-11(2)9(19)17(10(20)15-11)5-8(18)12-4-7-13-6-14-16-7/h6H,3-5H2,1-2H3,(H,12,18)(H,15,20)(H,13,14,16). The topological polar surface area (TPSA) is 120 Å². The van der Waals surface area contributed by atoms with Crippen LogP contribution in [0.2, 0.25) is 0 Å². The molecule has 1 aliphatic rings. The number of H-pyrrole nitrogens is 1. The van der Waals surface area contributed by atoms with Crippen molar-refractivity contribution < 1.29 is 14.4 Å². The van der Waals surface area contributed by atoms with Gasteiger partial charge in [0, 0.05) is 0 Å². The van der Waals surface area contributed by atoms with E-state index in [0.29, 0.717) is 12.2 Å². The molecule has 1 saturated heterocycles. The molecule has 1 fully saturated rings. The minimum absolute atomic E-state index is 0.160. The Labute approximate surface area is 115 Å². The summed E-state index contributed by atoms with van der Waals surface area (Å²) in [5.74, 6) is -0.334. The predicted octanol–water partition coefficient (Wildman–Crippen LogP) is -0.859. The van der Waals surface area contributed by atoms with Crippen LogP contribution in [0.3, 0.4) is 0 Å². The van der Waals surface area contributed by atoms with Crippen LogP contribution in [-0.4, -0.2) is 50.0 Å². The summed E-state index contributed by atoms with van der Waals surface area (Å²) >= 11 is 0. The summed E-state index contributed by atoms with van der Waals surface area (Å²) in [7, 11) is 0. The first-order valence-corrected chi connectivity index (χ1v) is 6.21. The monoisotopic (exact) mass is 280 g/mol. The molecule has 0 aliphatic carbocycles. The lowest BCUT2D eigenvalue weighted by Gasteiger charge is -2.18. The Bertz CT molecular complexity index is 528. The van der Waals surface area contributed by atoms with Crippen molar-refractivity contribution in [2.75, 3.05) is 6.54 Å². The Hall–Kier alpha value is -2.45. The lowest BCUT2D eigenvalue weighted by molar-refractivity contribution is -0.134. The summed E-state index contributed by atoms with van der Waals surface area (Å²) in [6.07, 6.45) is 1.79. The molecule has 9 heteroatoms. The van der Waals surface area contributed by atoms with E-state index in [1.807, 2.05) is 0 Å². The van der Waals surface area contributed by atoms with Crippen molar-refractivity contribution in [3.05, 3.63) is 12.2 Å². The number of urea groups is 1. The highest BCUT2D eigenvalue weighted by Crippen LogP contribution is 2.20. The summed E-state index contributed by atoms with van der Waals surface area (Å²) in [6, 6.07) is -0.547. The summed E-state index contributed by atoms with van der Waals surface area (Å²) in [4.78, 5) is 40.3. The van der Waals surface area contributed by atoms with Gasteiger partial charge >= 0.3 is 6.03 Å². The van der Waals surface area contributed by atoms with Crippen molar-refractivity contribution >= 4 is 17.8 Å². The van der Waals surface area contributed by atoms with E-state index < -0.39 is 17.5 Å². The van der Waals surface area contributed by atoms with Gasteiger partial charge in [0.25, 0.3) is 5.91 Å². The summed E-state index contributed by atoms with van der Waals surface area (Å²) in [5.41, 5.74) is -0.928. The number of carbonyl (C=O) groups is 3. The fourth-order valence-corrected chi connectivity index (χ4v) is 1.83. The number of nitrogens with one attached hydrogen (secondary N) is 3. The molecule has 1 aromatic rings. The van der Waals surface area contributed by atoms with Gasteiger partial charge in [-0.15, -0.1) is 0 Å². The second-order valence-corrected chi connectivity index (χ2v) is 4.72. The Balaban J connectivity index is 1.91. The predicted molar refractivity (Wildman–Crippen MR) is 67.2 cm³/mol. The average Bonchev–Trinajstić information content (AvgIpc) is 3.00. The first kappa shape index (κ1) is 14.0. The zero-order valence-corrected chi connectivity index (χ0v) is 11.3. The molecule has 2 heterocycles. The lowest BCUT2D eigenvalue weighted by Crippen LogP contribution is -2.44. The number of aromatic amines is 1. The van der Waals surface area contributed by atoms with Crippen molar-refractivity contribution in [3.8, 4) is 0 Å². The minimum Gasteiger partial charge on any atom is -0.347 e. The van der Waals surface area contributed by atoms with Gasteiger partial charge in [-0.3, -0.25) is 19.6 Å². The fraction of sp³-hybridized carbons (Fsp3) is 0.545. The number of rotatable bonds is 5. The van der Waals surface area contributed by atoms with Crippen molar-refractivity contribution in [1.29, 1.82) is 0 Å². The third-order valence-corrected chi connectivity index (χ3v) is 3.27. The Morgan fingerprint density at radius 2 is 2.25 bits per heavy atom. The van der Waals surface area contributed by atoms with E-state index in [0.717, 1.165) is 4.90 Å². The van der Waals surface area contributed by atoms with E-state index in [1.54, 1.807) is 13.8 Å². The molecule has 1 aliphatic heterocycles. The van der Waals surface area contributed by atoms with Crippen molar-refractivity contribution in [3.63, 3.8) is 0 Å². The molecule has 0 aromatic carbocycles. The Kier molecular flexibility index (Phi) is 3.68. The molecular weight excluding hydrogens is 264 g/mol. The van der Waals surface area contributed by atoms with Gasteiger partial charge in [0.1, 0.15) is 24.2 Å². The number of hydrogen-bond donors (Lipinski definition) is 3. The molecule has 9 nitrogen and oxygen atoms in total. The van der Waals surface area contributed by atoms with Gasteiger partial charge in [0.15, 0.2) is 0 Å². The first-order chi connectivity index (χ1) is 9.46. The van der Waals surface area contributed by atoms with Gasteiger partial charge in [0.05, 0.1) is 6.54 Å². The highest BCUT2D eigenvalue weighted by Gasteiger charge is 2.46. The van der Waals surface area contributed by atoms with Gasteiger partial charge in [-0.2, -0.15) is 5.10 Å². The molecule has 1 aromatic heterocycles. The number of amides is 4. The van der Waals surface area contributed by atoms with Crippen molar-refractivity contribution in [2.24, 2.45) is 0 Å². The zero-order valence-electron chi connectivity index (χ0n) is 11.3. The van der Waals surface area contributed by atoms with Gasteiger partial charge in [-0.05, 0) is 13.3 Å². The van der Waals surface area contributed by atoms with Crippen LogP contribution in [0.15, 0.2) is 6.33 Å². The van der Waals surface area contributed by atoms with E-state index in [4.69, 9.17) is 0 Å². The number of hydrogen-bond acceptors (Lipinski definition) is 5. The molecule has 0 radical (unpaired) electrons. The van der Waals surface area contributed by atoms with E-state index in [-0.39, 0.29) is 19.0 Å². The molecular formula is C11H16N6O3.